The molecule has 6 heteroatoms. The van der Waals surface area contributed by atoms with Crippen LogP contribution in [0.2, 0.25) is 0 Å². The maximum Gasteiger partial charge on any atom is 0.226 e. The van der Waals surface area contributed by atoms with E-state index < -0.39 is 0 Å². The fourth-order valence-electron chi connectivity index (χ4n) is 4.65. The van der Waals surface area contributed by atoms with Gasteiger partial charge in [0, 0.05) is 25.9 Å². The third-order valence-electron chi connectivity index (χ3n) is 6.23. The smallest absolute Gasteiger partial charge is 0.226 e. The molecule has 144 valence electrons. The van der Waals surface area contributed by atoms with Crippen LogP contribution >= 0.6 is 0 Å². The lowest BCUT2D eigenvalue weighted by Gasteiger charge is -2.24. The summed E-state index contributed by atoms with van der Waals surface area (Å²) in [4.78, 5) is 19.5. The number of aromatic nitrogens is 2. The van der Waals surface area contributed by atoms with Crippen molar-refractivity contribution in [3.63, 3.8) is 0 Å². The number of aryl methyl sites for hydroxylation is 2. The maximum atomic E-state index is 12.8. The Bertz CT molecular complexity index is 801. The van der Waals surface area contributed by atoms with Gasteiger partial charge in [-0.25, -0.2) is 0 Å². The highest BCUT2D eigenvalue weighted by Gasteiger charge is 2.54. The van der Waals surface area contributed by atoms with E-state index in [-0.39, 0.29) is 11.3 Å². The van der Waals surface area contributed by atoms with Crippen molar-refractivity contribution in [2.75, 3.05) is 20.2 Å². The van der Waals surface area contributed by atoms with Crippen LogP contribution in [0.3, 0.4) is 0 Å². The lowest BCUT2D eigenvalue weighted by molar-refractivity contribution is -0.130. The minimum absolute atomic E-state index is 0.104. The van der Waals surface area contributed by atoms with E-state index in [4.69, 9.17) is 9.26 Å². The second-order valence-electron chi connectivity index (χ2n) is 7.73. The molecule has 6 nitrogen and oxygen atoms in total. The average Bonchev–Trinajstić information content (AvgIpc) is 3.40. The van der Waals surface area contributed by atoms with Gasteiger partial charge in [0.1, 0.15) is 5.75 Å². The number of methoxy groups -OCH3 is 1. The first kappa shape index (κ1) is 18.0. The third-order valence-corrected chi connectivity index (χ3v) is 6.23. The number of nitrogens with zero attached hydrogens (tertiary/aromatic N) is 3. The van der Waals surface area contributed by atoms with E-state index in [1.807, 2.05) is 36.1 Å². The van der Waals surface area contributed by atoms with E-state index in [2.05, 4.69) is 10.1 Å². The van der Waals surface area contributed by atoms with Gasteiger partial charge in [0.05, 0.1) is 12.5 Å². The van der Waals surface area contributed by atoms with Gasteiger partial charge in [-0.2, -0.15) is 4.98 Å². The van der Waals surface area contributed by atoms with Crippen molar-refractivity contribution in [3.8, 4) is 5.75 Å². The normalized spacial score (nSPS) is 24.2. The van der Waals surface area contributed by atoms with Gasteiger partial charge in [0.25, 0.3) is 0 Å². The minimum Gasteiger partial charge on any atom is -0.497 e. The van der Waals surface area contributed by atoms with Crippen LogP contribution in [0.25, 0.3) is 0 Å². The second kappa shape index (κ2) is 7.33. The van der Waals surface area contributed by atoms with Crippen molar-refractivity contribution in [1.82, 2.24) is 15.0 Å². The lowest BCUT2D eigenvalue weighted by atomic mass is 9.80. The number of fused-ring (bicyclic) bond motifs is 1. The van der Waals surface area contributed by atoms with Crippen molar-refractivity contribution >= 4 is 5.91 Å². The van der Waals surface area contributed by atoms with Crippen molar-refractivity contribution in [2.24, 2.45) is 5.92 Å². The highest BCUT2D eigenvalue weighted by Crippen LogP contribution is 2.49. The molecule has 1 amide bonds. The molecular weight excluding hydrogens is 342 g/mol. The Morgan fingerprint density at radius 1 is 1.37 bits per heavy atom. The summed E-state index contributed by atoms with van der Waals surface area (Å²) in [5.41, 5.74) is 1.05. The monoisotopic (exact) mass is 369 g/mol. The van der Waals surface area contributed by atoms with Crippen molar-refractivity contribution < 1.29 is 14.1 Å². The number of ether oxygens (including phenoxy) is 1. The van der Waals surface area contributed by atoms with Crippen LogP contribution in [-0.4, -0.2) is 41.1 Å². The van der Waals surface area contributed by atoms with Gasteiger partial charge in [-0.15, -0.1) is 0 Å². The summed E-state index contributed by atoms with van der Waals surface area (Å²) in [7, 11) is 1.66. The molecule has 2 heterocycles. The zero-order valence-corrected chi connectivity index (χ0v) is 16.1. The standard InChI is InChI=1S/C21H27N3O3/c1-3-18-22-20(23-27-18)21-12-4-5-16(21)13-24(14-21)19(25)11-8-15-6-9-17(26-2)10-7-15/h6-7,9-10,16H,3-5,8,11-14H2,1-2H3/t16-,21-/m1/s1. The largest absolute Gasteiger partial charge is 0.497 e. The van der Waals surface area contributed by atoms with E-state index in [1.165, 1.54) is 6.42 Å². The van der Waals surface area contributed by atoms with Crippen LogP contribution in [0.4, 0.5) is 0 Å². The molecule has 4 rings (SSSR count). The zero-order chi connectivity index (χ0) is 18.9. The molecule has 27 heavy (non-hydrogen) atoms. The Labute approximate surface area is 159 Å². The predicted octanol–water partition coefficient (Wildman–Crippen LogP) is 3.15. The molecule has 1 aromatic carbocycles. The Hall–Kier alpha value is -2.37. The van der Waals surface area contributed by atoms with Crippen LogP contribution in [-0.2, 0) is 23.1 Å². The molecule has 2 aromatic rings. The number of carbonyl (C=O) groups is 1. The maximum absolute atomic E-state index is 12.8. The summed E-state index contributed by atoms with van der Waals surface area (Å²) in [5, 5.41) is 4.27. The molecule has 1 aromatic heterocycles. The summed E-state index contributed by atoms with van der Waals surface area (Å²) >= 11 is 0. The molecule has 2 aliphatic rings. The van der Waals surface area contributed by atoms with Crippen LogP contribution in [0.5, 0.6) is 5.75 Å². The van der Waals surface area contributed by atoms with Crippen LogP contribution < -0.4 is 4.74 Å². The van der Waals surface area contributed by atoms with Crippen molar-refractivity contribution in [1.29, 1.82) is 0 Å². The molecule has 0 bridgehead atoms. The lowest BCUT2D eigenvalue weighted by Crippen LogP contribution is -2.35. The molecule has 0 radical (unpaired) electrons. The Morgan fingerprint density at radius 3 is 2.89 bits per heavy atom. The number of likely N-dealkylation sites (tertiary alicyclic amines) is 1. The van der Waals surface area contributed by atoms with E-state index >= 15 is 0 Å². The van der Waals surface area contributed by atoms with Crippen LogP contribution in [0.1, 0.15) is 49.9 Å². The van der Waals surface area contributed by atoms with Crippen molar-refractivity contribution in [3.05, 3.63) is 41.5 Å². The first-order chi connectivity index (χ1) is 13.1. The van der Waals surface area contributed by atoms with Crippen LogP contribution in [0, 0.1) is 5.92 Å². The van der Waals surface area contributed by atoms with Gasteiger partial charge in [0.15, 0.2) is 5.82 Å². The molecule has 1 saturated heterocycles. The Morgan fingerprint density at radius 2 is 2.19 bits per heavy atom. The summed E-state index contributed by atoms with van der Waals surface area (Å²) < 4.78 is 10.6. The summed E-state index contributed by atoms with van der Waals surface area (Å²) in [6, 6.07) is 7.93. The number of benzene rings is 1. The number of hydrogen-bond donors (Lipinski definition) is 0. The fourth-order valence-corrected chi connectivity index (χ4v) is 4.65. The highest BCUT2D eigenvalue weighted by molar-refractivity contribution is 5.77. The van der Waals surface area contributed by atoms with E-state index in [0.29, 0.717) is 18.2 Å². The van der Waals surface area contributed by atoms with Gasteiger partial charge < -0.3 is 14.2 Å². The summed E-state index contributed by atoms with van der Waals surface area (Å²) in [6.07, 6.45) is 5.38. The number of amides is 1. The molecular formula is C21H27N3O3. The van der Waals surface area contributed by atoms with E-state index in [1.54, 1.807) is 7.11 Å². The first-order valence-corrected chi connectivity index (χ1v) is 9.88. The molecule has 2 atom stereocenters. The van der Waals surface area contributed by atoms with Gasteiger partial charge in [0.2, 0.25) is 11.8 Å². The molecule has 0 unspecified atom stereocenters. The van der Waals surface area contributed by atoms with Crippen molar-refractivity contribution in [2.45, 2.75) is 50.9 Å². The SMILES string of the molecule is CCc1nc([C@@]23CCC[C@@H]2CN(C(=O)CCc2ccc(OC)cc2)C3)no1. The van der Waals surface area contributed by atoms with Gasteiger partial charge in [-0.1, -0.05) is 30.6 Å². The summed E-state index contributed by atoms with van der Waals surface area (Å²) in [5.74, 6) is 3.01. The average molecular weight is 369 g/mol. The summed E-state index contributed by atoms with van der Waals surface area (Å²) in [6.45, 7) is 3.56. The highest BCUT2D eigenvalue weighted by atomic mass is 16.5. The quantitative estimate of drug-likeness (QED) is 0.782. The molecule has 0 N–H and O–H groups in total. The van der Waals surface area contributed by atoms with E-state index in [0.717, 1.165) is 55.9 Å². The topological polar surface area (TPSA) is 68.5 Å². The number of hydrogen-bond acceptors (Lipinski definition) is 5. The molecule has 2 fully saturated rings. The Kier molecular flexibility index (Phi) is 4.89. The molecule has 1 aliphatic heterocycles. The van der Waals surface area contributed by atoms with Crippen LogP contribution in [0.15, 0.2) is 28.8 Å². The third kappa shape index (κ3) is 3.33. The second-order valence-corrected chi connectivity index (χ2v) is 7.73. The first-order valence-electron chi connectivity index (χ1n) is 9.88. The zero-order valence-electron chi connectivity index (χ0n) is 16.1. The molecule has 1 aliphatic carbocycles. The molecule has 1 saturated carbocycles. The Balaban J connectivity index is 1.42. The predicted molar refractivity (Wildman–Crippen MR) is 101 cm³/mol. The fraction of sp³-hybridized carbons (Fsp3) is 0.571. The van der Waals surface area contributed by atoms with E-state index in [9.17, 15) is 4.79 Å². The molecule has 0 spiro atoms. The number of carbonyl (C=O) groups excluding carboxylic acids is 1. The van der Waals surface area contributed by atoms with Gasteiger partial charge >= 0.3 is 0 Å². The van der Waals surface area contributed by atoms with Gasteiger partial charge in [-0.05, 0) is 42.9 Å². The minimum atomic E-state index is -0.104. The number of rotatable bonds is 6. The van der Waals surface area contributed by atoms with Gasteiger partial charge in [-0.3, -0.25) is 4.79 Å².